The van der Waals surface area contributed by atoms with Crippen LogP contribution in [0.4, 0.5) is 0 Å². The maximum Gasteiger partial charge on any atom is 0.519 e. The Bertz CT molecular complexity index is 1500. The van der Waals surface area contributed by atoms with Crippen molar-refractivity contribution in [3.63, 3.8) is 0 Å². The smallest absolute Gasteiger partial charge is 0.461 e. The lowest BCUT2D eigenvalue weighted by Gasteiger charge is -2.20. The van der Waals surface area contributed by atoms with Crippen LogP contribution in [0, 0.1) is 5.92 Å². The number of rotatable bonds is 16. The first-order valence-corrected chi connectivity index (χ1v) is 17.4. The van der Waals surface area contributed by atoms with E-state index < -0.39 is 33.3 Å². The molecule has 0 bridgehead atoms. The second kappa shape index (κ2) is 16.7. The van der Waals surface area contributed by atoms with Gasteiger partial charge in [0.15, 0.2) is 0 Å². The van der Waals surface area contributed by atoms with Crippen LogP contribution in [-0.4, -0.2) is 18.1 Å². The Balaban J connectivity index is 1.49. The molecule has 222 valence electrons. The van der Waals surface area contributed by atoms with Crippen molar-refractivity contribution in [2.75, 3.05) is 6.16 Å². The first kappa shape index (κ1) is 32.0. The van der Waals surface area contributed by atoms with E-state index >= 15 is 0 Å². The highest BCUT2D eigenvalue weighted by molar-refractivity contribution is 7.64. The quantitative estimate of drug-likeness (QED) is 0.0922. The molecule has 0 fully saturated rings. The summed E-state index contributed by atoms with van der Waals surface area (Å²) in [7, 11) is -6.04. The maximum atomic E-state index is 14.4. The van der Waals surface area contributed by atoms with E-state index in [1.54, 1.807) is 0 Å². The molecule has 4 aromatic carbocycles. The number of esters is 2. The van der Waals surface area contributed by atoms with E-state index in [-0.39, 0.29) is 44.5 Å². The average molecular weight is 618 g/mol. The lowest BCUT2D eigenvalue weighted by molar-refractivity contribution is -0.150. The first-order chi connectivity index (χ1) is 20.9. The van der Waals surface area contributed by atoms with Crippen LogP contribution in [0.25, 0.3) is 0 Å². The van der Waals surface area contributed by atoms with Crippen molar-refractivity contribution in [3.05, 3.63) is 144 Å². The number of carbonyl (C=O) groups excluding carboxylic acids is 2. The van der Waals surface area contributed by atoms with Crippen LogP contribution in [-0.2, 0) is 58.0 Å². The summed E-state index contributed by atoms with van der Waals surface area (Å²) in [5, 5.41) is 0. The summed E-state index contributed by atoms with van der Waals surface area (Å²) >= 11 is 0. The third-order valence-corrected chi connectivity index (χ3v) is 11.0. The Morgan fingerprint density at radius 1 is 0.651 bits per heavy atom. The first-order valence-electron chi connectivity index (χ1n) is 14.1. The molecule has 3 atom stereocenters. The van der Waals surface area contributed by atoms with Gasteiger partial charge in [0, 0.05) is 18.1 Å². The third-order valence-electron chi connectivity index (χ3n) is 6.66. The lowest BCUT2D eigenvalue weighted by Crippen LogP contribution is -2.23. The van der Waals surface area contributed by atoms with Crippen LogP contribution in [0.1, 0.15) is 35.1 Å². The monoisotopic (exact) mass is 617 g/mol. The number of hydrogen-bond acceptors (Lipinski definition) is 7. The van der Waals surface area contributed by atoms with E-state index in [1.165, 1.54) is 0 Å². The molecule has 0 aliphatic rings. The number of ether oxygens (including phenoxy) is 2. The summed E-state index contributed by atoms with van der Waals surface area (Å²) in [4.78, 5) is 26.0. The minimum atomic E-state index is -3.70. The molecule has 0 N–H and O–H groups in total. The van der Waals surface area contributed by atoms with Gasteiger partial charge in [0.05, 0.1) is 12.1 Å². The van der Waals surface area contributed by atoms with Crippen LogP contribution >= 0.6 is 15.4 Å². The van der Waals surface area contributed by atoms with E-state index in [2.05, 4.69) is 0 Å². The van der Waals surface area contributed by atoms with E-state index in [0.29, 0.717) is 0 Å². The van der Waals surface area contributed by atoms with Crippen LogP contribution in [0.5, 0.6) is 0 Å². The molecular weight excluding hydrogens is 582 g/mol. The van der Waals surface area contributed by atoms with Gasteiger partial charge in [-0.15, -0.1) is 0 Å². The number of hydrogen-bond donors (Lipinski definition) is 0. The number of carbonyl (C=O) groups is 2. The maximum absolute atomic E-state index is 14.4. The fourth-order valence-corrected chi connectivity index (χ4v) is 8.95. The summed E-state index contributed by atoms with van der Waals surface area (Å²) in [5.41, 5.74) is 3.16. The molecule has 0 spiro atoms. The highest BCUT2D eigenvalue weighted by atomic mass is 31.2. The predicted octanol–water partition coefficient (Wildman–Crippen LogP) is 8.31. The van der Waals surface area contributed by atoms with E-state index in [9.17, 15) is 18.7 Å². The molecule has 0 aromatic heterocycles. The normalized spacial score (nSPS) is 13.3. The molecule has 0 heterocycles. The van der Waals surface area contributed by atoms with Crippen LogP contribution in [0.15, 0.2) is 121 Å². The lowest BCUT2D eigenvalue weighted by atomic mass is 10.1. The molecule has 9 heteroatoms. The van der Waals surface area contributed by atoms with Gasteiger partial charge in [0.1, 0.15) is 13.2 Å². The zero-order valence-corrected chi connectivity index (χ0v) is 25.6. The van der Waals surface area contributed by atoms with Gasteiger partial charge in [-0.25, -0.2) is 0 Å². The zero-order chi connectivity index (χ0) is 30.3. The Morgan fingerprint density at radius 3 is 1.65 bits per heavy atom. The Morgan fingerprint density at radius 2 is 1.12 bits per heavy atom. The van der Waals surface area contributed by atoms with Gasteiger partial charge in [-0.05, 0) is 27.7 Å². The summed E-state index contributed by atoms with van der Waals surface area (Å²) < 4.78 is 44.4. The van der Waals surface area contributed by atoms with Crippen molar-refractivity contribution in [1.82, 2.24) is 0 Å². The Kier molecular flexibility index (Phi) is 12.4. The molecule has 0 saturated carbocycles. The van der Waals surface area contributed by atoms with Crippen LogP contribution < -0.4 is 0 Å². The molecular formula is C34H35O7P2+. The van der Waals surface area contributed by atoms with Crippen LogP contribution in [0.3, 0.4) is 0 Å². The molecule has 43 heavy (non-hydrogen) atoms. The van der Waals surface area contributed by atoms with E-state index in [0.717, 1.165) is 22.3 Å². The molecule has 0 saturated heterocycles. The van der Waals surface area contributed by atoms with Crippen molar-refractivity contribution >= 4 is 27.3 Å². The fourth-order valence-electron chi connectivity index (χ4n) is 4.48. The van der Waals surface area contributed by atoms with Gasteiger partial charge < -0.3 is 9.47 Å². The Hall–Kier alpha value is -3.89. The standard InChI is InChI=1S/C34H35O7P2/c35-33(39-23-28-13-5-1-6-14-28)22-21-32(34(36)40-24-29-15-7-2-8-16-29)27-43(38,26-31-19-11-4-12-20-31)41-42(37)25-30-17-9-3-10-18-30/h1-20,32H,21-27H2/q+1. The van der Waals surface area contributed by atoms with Gasteiger partial charge in [-0.3, -0.25) is 14.2 Å². The Labute approximate surface area is 253 Å². The minimum Gasteiger partial charge on any atom is -0.461 e. The van der Waals surface area contributed by atoms with Gasteiger partial charge in [0.25, 0.3) is 7.37 Å². The summed E-state index contributed by atoms with van der Waals surface area (Å²) in [6.07, 6.45) is -0.190. The molecule has 4 rings (SSSR count). The minimum absolute atomic E-state index is 0.00930. The summed E-state index contributed by atoms with van der Waals surface area (Å²) in [6.45, 7) is 0.138. The largest absolute Gasteiger partial charge is 0.519 e. The highest BCUT2D eigenvalue weighted by Crippen LogP contribution is 2.59. The predicted molar refractivity (Wildman–Crippen MR) is 167 cm³/mol. The third kappa shape index (κ3) is 11.4. The molecule has 0 amide bonds. The second-order valence-corrected chi connectivity index (χ2v) is 14.1. The molecule has 0 aliphatic carbocycles. The van der Waals surface area contributed by atoms with Crippen molar-refractivity contribution in [2.24, 2.45) is 5.92 Å². The highest BCUT2D eigenvalue weighted by Gasteiger charge is 2.40. The van der Waals surface area contributed by atoms with E-state index in [1.807, 2.05) is 121 Å². The average Bonchev–Trinajstić information content (AvgIpc) is 3.02. The molecule has 0 aliphatic heterocycles. The van der Waals surface area contributed by atoms with Gasteiger partial charge in [-0.2, -0.15) is 0 Å². The molecule has 3 unspecified atom stereocenters. The van der Waals surface area contributed by atoms with Crippen molar-refractivity contribution < 1.29 is 32.5 Å². The topological polar surface area (TPSA) is 96.0 Å². The fraction of sp³-hybridized carbons (Fsp3) is 0.235. The summed E-state index contributed by atoms with van der Waals surface area (Å²) in [6, 6.07) is 36.8. The second-order valence-electron chi connectivity index (χ2n) is 10.2. The molecule has 7 nitrogen and oxygen atoms in total. The number of benzene rings is 4. The van der Waals surface area contributed by atoms with Gasteiger partial charge >= 0.3 is 20.0 Å². The summed E-state index contributed by atoms with van der Waals surface area (Å²) in [5.74, 6) is -2.03. The van der Waals surface area contributed by atoms with Crippen molar-refractivity contribution in [3.8, 4) is 0 Å². The van der Waals surface area contributed by atoms with Crippen molar-refractivity contribution in [2.45, 2.75) is 38.4 Å². The SMILES string of the molecule is O=C(CCC(CP(=O)(Cc1ccccc1)O[P+](=O)Cc1ccccc1)C(=O)OCc1ccccc1)OCc1ccccc1. The zero-order valence-electron chi connectivity index (χ0n) is 23.8. The van der Waals surface area contributed by atoms with Gasteiger partial charge in [-0.1, -0.05) is 126 Å². The van der Waals surface area contributed by atoms with Crippen LogP contribution in [0.2, 0.25) is 0 Å². The van der Waals surface area contributed by atoms with E-state index in [4.69, 9.17) is 13.8 Å². The van der Waals surface area contributed by atoms with Crippen molar-refractivity contribution in [1.29, 1.82) is 0 Å². The van der Waals surface area contributed by atoms with Gasteiger partial charge in [0.2, 0.25) is 6.16 Å². The molecule has 4 aromatic rings. The molecule has 0 radical (unpaired) electrons.